The summed E-state index contributed by atoms with van der Waals surface area (Å²) in [4.78, 5) is 0. The Balaban J connectivity index is 1.95. The third-order valence-electron chi connectivity index (χ3n) is 2.86. The Morgan fingerprint density at radius 1 is 0.762 bits per heavy atom. The van der Waals surface area contributed by atoms with Crippen LogP contribution in [-0.4, -0.2) is 21.9 Å². The molecule has 21 heavy (non-hydrogen) atoms. The van der Waals surface area contributed by atoms with Crippen LogP contribution < -0.4 is 30.2 Å². The topological polar surface area (TPSA) is 89.0 Å². The van der Waals surface area contributed by atoms with Gasteiger partial charge in [-0.15, -0.1) is 0 Å². The molecule has 0 unspecified atom stereocenters. The lowest BCUT2D eigenvalue weighted by Gasteiger charge is -2.11. The van der Waals surface area contributed by atoms with E-state index in [0.717, 1.165) is 0 Å². The number of nitrogen functional groups attached to an aromatic ring is 2. The summed E-state index contributed by atoms with van der Waals surface area (Å²) in [5.74, 6) is 2.32. The van der Waals surface area contributed by atoms with Crippen molar-refractivity contribution in [2.24, 2.45) is 0 Å². The highest BCUT2D eigenvalue weighted by Gasteiger charge is 2.06. The number of methoxy groups -OCH3 is 2. The van der Waals surface area contributed by atoms with Gasteiger partial charge in [0, 0.05) is 12.1 Å². The first kappa shape index (κ1) is 14.7. The van der Waals surface area contributed by atoms with Crippen LogP contribution in [0, 0.1) is 0 Å². The molecule has 0 spiro atoms. The number of anilines is 2. The zero-order valence-electron chi connectivity index (χ0n) is 12.0. The van der Waals surface area contributed by atoms with Crippen molar-refractivity contribution in [3.8, 4) is 23.0 Å². The van der Waals surface area contributed by atoms with Crippen LogP contribution in [0.4, 0.5) is 11.4 Å². The van der Waals surface area contributed by atoms with Gasteiger partial charge < -0.3 is 30.2 Å². The first-order valence-corrected chi connectivity index (χ1v) is 6.26. The van der Waals surface area contributed by atoms with E-state index in [4.69, 9.17) is 30.2 Å². The minimum Gasteiger partial charge on any atom is -0.528 e. The van der Waals surface area contributed by atoms with Crippen LogP contribution in [0.5, 0.6) is 23.0 Å². The largest absolute Gasteiger partial charge is 0.576 e. The van der Waals surface area contributed by atoms with E-state index in [9.17, 15) is 0 Å². The van der Waals surface area contributed by atoms with Gasteiger partial charge in [0.1, 0.15) is 23.0 Å². The van der Waals surface area contributed by atoms with Crippen molar-refractivity contribution in [1.29, 1.82) is 0 Å². The van der Waals surface area contributed by atoms with E-state index in [1.807, 2.05) is 0 Å². The standard InChI is InChI=1S/C14H17BN2O4/c1-18-13-7-9(3-5-11(13)16)20-15-21-10-4-6-12(17)14(8-10)19-2/h3-8,15H,16-17H2,1-2H3. The van der Waals surface area contributed by atoms with E-state index in [-0.39, 0.29) is 7.69 Å². The van der Waals surface area contributed by atoms with Crippen LogP contribution in [0.1, 0.15) is 0 Å². The van der Waals surface area contributed by atoms with Crippen LogP contribution in [0.25, 0.3) is 0 Å². The summed E-state index contributed by atoms with van der Waals surface area (Å²) in [7, 11) is 3.14. The summed E-state index contributed by atoms with van der Waals surface area (Å²) in [6.45, 7) is 0. The van der Waals surface area contributed by atoms with Gasteiger partial charge in [-0.1, -0.05) is 0 Å². The molecule has 4 N–H and O–H groups in total. The van der Waals surface area contributed by atoms with Crippen LogP contribution in [0.3, 0.4) is 0 Å². The summed E-state index contributed by atoms with van der Waals surface area (Å²) in [6, 6.07) is 10.3. The van der Waals surface area contributed by atoms with Crippen LogP contribution in [-0.2, 0) is 0 Å². The van der Waals surface area contributed by atoms with Crippen molar-refractivity contribution in [3.05, 3.63) is 36.4 Å². The van der Waals surface area contributed by atoms with E-state index < -0.39 is 0 Å². The molecular weight excluding hydrogens is 271 g/mol. The maximum atomic E-state index is 5.73. The predicted molar refractivity (Wildman–Crippen MR) is 83.2 cm³/mol. The Bertz CT molecular complexity index is 568. The normalized spacial score (nSPS) is 9.81. The van der Waals surface area contributed by atoms with E-state index >= 15 is 0 Å². The summed E-state index contributed by atoms with van der Waals surface area (Å²) in [6.07, 6.45) is 0. The molecule has 0 amide bonds. The lowest BCUT2D eigenvalue weighted by Crippen LogP contribution is -2.11. The van der Waals surface area contributed by atoms with Gasteiger partial charge in [0.25, 0.3) is 0 Å². The fourth-order valence-corrected chi connectivity index (χ4v) is 1.73. The number of nitrogens with two attached hydrogens (primary N) is 2. The lowest BCUT2D eigenvalue weighted by atomic mass is 10.2. The molecule has 6 nitrogen and oxygen atoms in total. The average Bonchev–Trinajstić information content (AvgIpc) is 2.50. The zero-order valence-corrected chi connectivity index (χ0v) is 12.0. The monoisotopic (exact) mass is 288 g/mol. The van der Waals surface area contributed by atoms with Crippen LogP contribution >= 0.6 is 0 Å². The predicted octanol–water partition coefficient (Wildman–Crippen LogP) is 1.59. The molecule has 110 valence electrons. The Morgan fingerprint density at radius 2 is 1.19 bits per heavy atom. The molecule has 0 aromatic heterocycles. The van der Waals surface area contributed by atoms with Crippen LogP contribution in [0.2, 0.25) is 0 Å². The fraction of sp³-hybridized carbons (Fsp3) is 0.143. The first-order valence-electron chi connectivity index (χ1n) is 6.26. The van der Waals surface area contributed by atoms with Gasteiger partial charge in [0.15, 0.2) is 0 Å². The highest BCUT2D eigenvalue weighted by atomic mass is 16.6. The van der Waals surface area contributed by atoms with E-state index in [0.29, 0.717) is 34.4 Å². The summed E-state index contributed by atoms with van der Waals surface area (Å²) >= 11 is 0. The van der Waals surface area contributed by atoms with Crippen molar-refractivity contribution in [3.63, 3.8) is 0 Å². The zero-order chi connectivity index (χ0) is 15.2. The molecule has 0 radical (unpaired) electrons. The van der Waals surface area contributed by atoms with E-state index in [1.54, 1.807) is 50.6 Å². The van der Waals surface area contributed by atoms with Crippen molar-refractivity contribution in [2.45, 2.75) is 0 Å². The molecule has 2 aromatic rings. The molecule has 0 fully saturated rings. The number of rotatable bonds is 6. The molecule has 2 rings (SSSR count). The average molecular weight is 288 g/mol. The molecule has 0 bridgehead atoms. The highest BCUT2D eigenvalue weighted by molar-refractivity contribution is 6.20. The fourth-order valence-electron chi connectivity index (χ4n) is 1.73. The van der Waals surface area contributed by atoms with Gasteiger partial charge in [-0.05, 0) is 24.3 Å². The second-order valence-corrected chi connectivity index (χ2v) is 4.21. The van der Waals surface area contributed by atoms with Gasteiger partial charge in [0.2, 0.25) is 0 Å². The Morgan fingerprint density at radius 3 is 1.57 bits per heavy atom. The second-order valence-electron chi connectivity index (χ2n) is 4.21. The SMILES string of the molecule is COc1cc(OBOc2ccc(N)c(OC)c2)ccc1N. The Hall–Kier alpha value is -2.70. The van der Waals surface area contributed by atoms with Crippen molar-refractivity contribution in [2.75, 3.05) is 25.7 Å². The molecule has 0 saturated heterocycles. The van der Waals surface area contributed by atoms with Crippen molar-refractivity contribution >= 4 is 19.1 Å². The third-order valence-corrected chi connectivity index (χ3v) is 2.86. The number of ether oxygens (including phenoxy) is 2. The highest BCUT2D eigenvalue weighted by Crippen LogP contribution is 2.28. The maximum absolute atomic E-state index is 5.73. The van der Waals surface area contributed by atoms with E-state index in [1.165, 1.54) is 0 Å². The summed E-state index contributed by atoms with van der Waals surface area (Å²) in [5.41, 5.74) is 12.6. The molecule has 2 aromatic carbocycles. The van der Waals surface area contributed by atoms with Crippen molar-refractivity contribution in [1.82, 2.24) is 0 Å². The van der Waals surface area contributed by atoms with Gasteiger partial charge in [-0.2, -0.15) is 0 Å². The van der Waals surface area contributed by atoms with Gasteiger partial charge in [-0.25, -0.2) is 0 Å². The Labute approximate surface area is 123 Å². The molecule has 0 aliphatic carbocycles. The van der Waals surface area contributed by atoms with Gasteiger partial charge in [0.05, 0.1) is 25.6 Å². The number of hydrogen-bond acceptors (Lipinski definition) is 6. The molecule has 0 saturated carbocycles. The van der Waals surface area contributed by atoms with Gasteiger partial charge in [-0.3, -0.25) is 0 Å². The van der Waals surface area contributed by atoms with E-state index in [2.05, 4.69) is 0 Å². The van der Waals surface area contributed by atoms with Gasteiger partial charge >= 0.3 is 7.69 Å². The minimum absolute atomic E-state index is 0.0418. The molecule has 0 heterocycles. The Kier molecular flexibility index (Phi) is 4.66. The number of hydrogen-bond donors (Lipinski definition) is 2. The lowest BCUT2D eigenvalue weighted by molar-refractivity contribution is 0.408. The molecule has 0 atom stereocenters. The smallest absolute Gasteiger partial charge is 0.528 e. The summed E-state index contributed by atoms with van der Waals surface area (Å²) < 4.78 is 21.2. The second kappa shape index (κ2) is 6.65. The molecular formula is C14H17BN2O4. The first-order chi connectivity index (χ1) is 10.1. The minimum atomic E-state index is 0.0418. The number of benzene rings is 2. The molecule has 0 aliphatic rings. The maximum Gasteiger partial charge on any atom is 0.576 e. The summed E-state index contributed by atoms with van der Waals surface area (Å²) in [5, 5.41) is 0. The third kappa shape index (κ3) is 3.65. The molecule has 0 aliphatic heterocycles. The van der Waals surface area contributed by atoms with Crippen LogP contribution in [0.15, 0.2) is 36.4 Å². The quantitative estimate of drug-likeness (QED) is 0.620. The molecule has 7 heteroatoms. The van der Waals surface area contributed by atoms with Crippen molar-refractivity contribution < 1.29 is 18.8 Å².